The molecule has 1 heterocycles. The summed E-state index contributed by atoms with van der Waals surface area (Å²) in [6.07, 6.45) is 2.30. The van der Waals surface area contributed by atoms with Gasteiger partial charge in [0.25, 0.3) is 0 Å². The number of carboxylic acids is 1. The van der Waals surface area contributed by atoms with Gasteiger partial charge in [-0.15, -0.1) is 0 Å². The minimum absolute atomic E-state index is 0.0685. The van der Waals surface area contributed by atoms with Crippen LogP contribution >= 0.6 is 0 Å². The molecule has 5 atom stereocenters. The molecule has 15 nitrogen and oxygen atoms in total. The highest BCUT2D eigenvalue weighted by molar-refractivity contribution is 5.94. The number of primary amides is 1. The zero-order chi connectivity index (χ0) is 27.3. The van der Waals surface area contributed by atoms with Gasteiger partial charge in [0.15, 0.2) is 0 Å². The van der Waals surface area contributed by atoms with Crippen molar-refractivity contribution in [3.8, 4) is 0 Å². The summed E-state index contributed by atoms with van der Waals surface area (Å²) < 4.78 is 0. The van der Waals surface area contributed by atoms with E-state index in [1.54, 1.807) is 0 Å². The molecule has 4 amide bonds. The number of aromatic amines is 1. The van der Waals surface area contributed by atoms with Crippen molar-refractivity contribution < 1.29 is 34.2 Å². The lowest BCUT2D eigenvalue weighted by Crippen LogP contribution is -2.60. The molecule has 0 aromatic carbocycles. The van der Waals surface area contributed by atoms with Crippen molar-refractivity contribution in [1.29, 1.82) is 0 Å². The number of amides is 4. The maximum absolute atomic E-state index is 13.0. The Morgan fingerprint density at radius 1 is 1.03 bits per heavy atom. The maximum atomic E-state index is 13.0. The number of H-pyrrole nitrogens is 1. The quantitative estimate of drug-likeness (QED) is 0.0933. The van der Waals surface area contributed by atoms with Crippen LogP contribution in [0.3, 0.4) is 0 Å². The Hall–Kier alpha value is -3.56. The Labute approximate surface area is 207 Å². The maximum Gasteiger partial charge on any atom is 0.326 e. The molecule has 5 unspecified atom stereocenters. The number of nitrogens with zero attached hydrogens (tertiary/aromatic N) is 1. The van der Waals surface area contributed by atoms with Crippen LogP contribution in [0.25, 0.3) is 0 Å². The Balaban J connectivity index is 2.98. The first-order valence-electron chi connectivity index (χ1n) is 11.5. The molecule has 0 fully saturated rings. The second-order valence-electron chi connectivity index (χ2n) is 8.36. The fraction of sp³-hybridized carbons (Fsp3) is 0.619. The van der Waals surface area contributed by atoms with Gasteiger partial charge in [-0.25, -0.2) is 9.78 Å². The van der Waals surface area contributed by atoms with Crippen LogP contribution in [0.4, 0.5) is 0 Å². The van der Waals surface area contributed by atoms with E-state index in [9.17, 15) is 34.2 Å². The highest BCUT2D eigenvalue weighted by atomic mass is 16.4. The fourth-order valence-corrected chi connectivity index (χ4v) is 3.20. The molecule has 0 aliphatic heterocycles. The number of unbranched alkanes of at least 4 members (excludes halogenated alkanes) is 1. The summed E-state index contributed by atoms with van der Waals surface area (Å²) in [7, 11) is 0. The largest absolute Gasteiger partial charge is 0.480 e. The highest BCUT2D eigenvalue weighted by Gasteiger charge is 2.32. The molecular formula is C21H36N8O7. The molecule has 1 aromatic rings. The van der Waals surface area contributed by atoms with Crippen molar-refractivity contribution in [2.24, 2.45) is 17.2 Å². The van der Waals surface area contributed by atoms with E-state index in [1.165, 1.54) is 19.4 Å². The van der Waals surface area contributed by atoms with Crippen molar-refractivity contribution in [2.45, 2.75) is 75.7 Å². The SMILES string of the molecule is CC(O)C(NC(=O)C(N)CCC(N)=O)C(=O)NC(Cc1cnc[nH]1)C(=O)NC(CCCCN)C(=O)O. The molecule has 0 aliphatic rings. The summed E-state index contributed by atoms with van der Waals surface area (Å²) in [5.41, 5.74) is 16.7. The lowest BCUT2D eigenvalue weighted by molar-refractivity contribution is -0.142. The number of carbonyl (C=O) groups excluding carboxylic acids is 4. The molecular weight excluding hydrogens is 476 g/mol. The Morgan fingerprint density at radius 3 is 2.22 bits per heavy atom. The molecule has 0 saturated heterocycles. The first-order valence-corrected chi connectivity index (χ1v) is 11.5. The minimum Gasteiger partial charge on any atom is -0.480 e. The van der Waals surface area contributed by atoms with Crippen LogP contribution in [0.1, 0.15) is 44.7 Å². The summed E-state index contributed by atoms with van der Waals surface area (Å²) in [5, 5.41) is 26.7. The first kappa shape index (κ1) is 30.5. The number of rotatable bonds is 17. The van der Waals surface area contributed by atoms with Gasteiger partial charge in [0.2, 0.25) is 23.6 Å². The van der Waals surface area contributed by atoms with Crippen molar-refractivity contribution in [1.82, 2.24) is 25.9 Å². The van der Waals surface area contributed by atoms with Crippen LogP contribution in [-0.4, -0.2) is 86.6 Å². The van der Waals surface area contributed by atoms with Crippen LogP contribution in [0, 0.1) is 0 Å². The van der Waals surface area contributed by atoms with E-state index in [0.29, 0.717) is 25.1 Å². The Bertz CT molecular complexity index is 878. The second kappa shape index (κ2) is 15.4. The average molecular weight is 513 g/mol. The van der Waals surface area contributed by atoms with Crippen LogP contribution in [0.15, 0.2) is 12.5 Å². The summed E-state index contributed by atoms with van der Waals surface area (Å²) in [6.45, 7) is 1.62. The van der Waals surface area contributed by atoms with E-state index in [2.05, 4.69) is 25.9 Å². The lowest BCUT2D eigenvalue weighted by atomic mass is 10.1. The van der Waals surface area contributed by atoms with Gasteiger partial charge in [0, 0.05) is 24.7 Å². The van der Waals surface area contributed by atoms with Gasteiger partial charge in [-0.05, 0) is 39.2 Å². The average Bonchev–Trinajstić information content (AvgIpc) is 3.32. The number of aliphatic carboxylic acids is 1. The number of aromatic nitrogens is 2. The standard InChI is InChI=1S/C21H36N8O7/c1-11(30)17(29-18(32)13(23)5-6-16(24)31)20(34)28-15(8-12-9-25-10-26-12)19(33)27-14(21(35)36)4-2-3-7-22/h9-11,13-15,17,30H,2-8,22-23H2,1H3,(H2,24,31)(H,25,26)(H,27,33)(H,28,34)(H,29,32)(H,35,36). The molecule has 0 spiro atoms. The number of nitrogens with two attached hydrogens (primary N) is 3. The van der Waals surface area contributed by atoms with Gasteiger partial charge in [-0.2, -0.15) is 0 Å². The number of hydrogen-bond acceptors (Lipinski definition) is 9. The van der Waals surface area contributed by atoms with Crippen LogP contribution in [-0.2, 0) is 30.4 Å². The molecule has 1 aromatic heterocycles. The number of carbonyl (C=O) groups is 5. The molecule has 12 N–H and O–H groups in total. The number of imidazole rings is 1. The van der Waals surface area contributed by atoms with Gasteiger partial charge >= 0.3 is 5.97 Å². The van der Waals surface area contributed by atoms with E-state index in [1.807, 2.05) is 0 Å². The zero-order valence-corrected chi connectivity index (χ0v) is 20.1. The zero-order valence-electron chi connectivity index (χ0n) is 20.1. The fourth-order valence-electron chi connectivity index (χ4n) is 3.20. The van der Waals surface area contributed by atoms with Gasteiger partial charge in [0.1, 0.15) is 18.1 Å². The first-order chi connectivity index (χ1) is 17.0. The van der Waals surface area contributed by atoms with E-state index < -0.39 is 59.9 Å². The number of carboxylic acid groups (broad SMARTS) is 1. The van der Waals surface area contributed by atoms with Crippen molar-refractivity contribution in [3.05, 3.63) is 18.2 Å². The predicted octanol–water partition coefficient (Wildman–Crippen LogP) is -3.41. The molecule has 15 heteroatoms. The topological polar surface area (TPSA) is 269 Å². The smallest absolute Gasteiger partial charge is 0.326 e. The van der Waals surface area contributed by atoms with E-state index in [0.717, 1.165) is 0 Å². The molecule has 0 radical (unpaired) electrons. The molecule has 0 bridgehead atoms. The summed E-state index contributed by atoms with van der Waals surface area (Å²) in [5.74, 6) is -4.40. The Morgan fingerprint density at radius 2 is 1.69 bits per heavy atom. The minimum atomic E-state index is -1.49. The van der Waals surface area contributed by atoms with Crippen molar-refractivity contribution in [3.63, 3.8) is 0 Å². The van der Waals surface area contributed by atoms with Crippen LogP contribution in [0.2, 0.25) is 0 Å². The second-order valence-corrected chi connectivity index (χ2v) is 8.36. The Kier molecular flexibility index (Phi) is 13.1. The lowest BCUT2D eigenvalue weighted by Gasteiger charge is -2.26. The highest BCUT2D eigenvalue weighted by Crippen LogP contribution is 2.06. The van der Waals surface area contributed by atoms with Crippen LogP contribution in [0.5, 0.6) is 0 Å². The monoisotopic (exact) mass is 512 g/mol. The summed E-state index contributed by atoms with van der Waals surface area (Å²) in [4.78, 5) is 67.4. The van der Waals surface area contributed by atoms with Crippen molar-refractivity contribution >= 4 is 29.6 Å². The number of nitrogens with one attached hydrogen (secondary N) is 4. The third-order valence-corrected chi connectivity index (χ3v) is 5.27. The van der Waals surface area contributed by atoms with E-state index in [4.69, 9.17) is 17.2 Å². The molecule has 0 saturated carbocycles. The van der Waals surface area contributed by atoms with Crippen molar-refractivity contribution in [2.75, 3.05) is 6.54 Å². The van der Waals surface area contributed by atoms with Gasteiger partial charge in [-0.1, -0.05) is 0 Å². The summed E-state index contributed by atoms with van der Waals surface area (Å²) in [6, 6.07) is -5.13. The van der Waals surface area contributed by atoms with Gasteiger partial charge in [-0.3, -0.25) is 19.2 Å². The van der Waals surface area contributed by atoms with Crippen LogP contribution < -0.4 is 33.2 Å². The molecule has 1 rings (SSSR count). The molecule has 202 valence electrons. The normalized spacial score (nSPS) is 15.1. The van der Waals surface area contributed by atoms with E-state index in [-0.39, 0.29) is 25.7 Å². The third-order valence-electron chi connectivity index (χ3n) is 5.27. The summed E-state index contributed by atoms with van der Waals surface area (Å²) >= 11 is 0. The number of hydrogen-bond donors (Lipinski definition) is 9. The van der Waals surface area contributed by atoms with Gasteiger partial charge in [0.05, 0.1) is 18.5 Å². The third kappa shape index (κ3) is 10.8. The number of aliphatic hydroxyl groups is 1. The molecule has 0 aliphatic carbocycles. The molecule has 36 heavy (non-hydrogen) atoms. The predicted molar refractivity (Wildman–Crippen MR) is 127 cm³/mol. The van der Waals surface area contributed by atoms with Gasteiger partial charge < -0.3 is 48.3 Å². The van der Waals surface area contributed by atoms with E-state index >= 15 is 0 Å². The number of aliphatic hydroxyl groups excluding tert-OH is 1.